The average molecular weight is 380 g/mol. The lowest BCUT2D eigenvalue weighted by molar-refractivity contribution is -0.122. The minimum absolute atomic E-state index is 0.152. The Bertz CT molecular complexity index is 767. The van der Waals surface area contributed by atoms with Gasteiger partial charge in [-0.1, -0.05) is 24.3 Å². The fraction of sp³-hybridized carbons (Fsp3) is 0.115. The van der Waals surface area contributed by atoms with Gasteiger partial charge in [-0.15, -0.1) is 0 Å². The third-order valence-corrected chi connectivity index (χ3v) is 5.57. The molecule has 0 saturated heterocycles. The minimum Gasteiger partial charge on any atom is -0.399 e. The van der Waals surface area contributed by atoms with Gasteiger partial charge in [0.2, 0.25) is 0 Å². The van der Waals surface area contributed by atoms with Crippen LogP contribution in [0.3, 0.4) is 0 Å². The molecule has 2 fully saturated rings. The first kappa shape index (κ1) is 20.0. The molecule has 144 valence electrons. The van der Waals surface area contributed by atoms with E-state index < -0.39 is 5.41 Å². The van der Waals surface area contributed by atoms with Crippen LogP contribution in [0.1, 0.15) is 24.0 Å². The number of nitrogen functional groups attached to an aromatic ring is 2. The van der Waals surface area contributed by atoms with Crippen molar-refractivity contribution < 1.29 is 4.79 Å². The number of carbonyl (C=O) groups is 1. The van der Waals surface area contributed by atoms with Crippen LogP contribution in [-0.2, 0) is 10.2 Å². The Morgan fingerprint density at radius 1 is 0.690 bits per heavy atom. The van der Waals surface area contributed by atoms with Crippen molar-refractivity contribution in [3.05, 3.63) is 123 Å². The van der Waals surface area contributed by atoms with E-state index in [0.29, 0.717) is 24.2 Å². The standard InChI is InChI=1S/C26H24N2O/c27-23-14-10-21(11-15-23)26(20-7-3-4-8-20,22-12-16-24(28)17-13-22)25(29)18-9-19-5-1-2-6-19/h1-8,10-17H,9,18,27-28H2. The summed E-state index contributed by atoms with van der Waals surface area (Å²) in [7, 11) is 0. The Morgan fingerprint density at radius 2 is 1.14 bits per heavy atom. The summed E-state index contributed by atoms with van der Waals surface area (Å²) in [6.07, 6.45) is 17.3. The van der Waals surface area contributed by atoms with E-state index in [1.54, 1.807) is 0 Å². The summed E-state index contributed by atoms with van der Waals surface area (Å²) < 4.78 is 0. The predicted molar refractivity (Wildman–Crippen MR) is 118 cm³/mol. The summed E-state index contributed by atoms with van der Waals surface area (Å²) in [5.74, 6) is 2.28. The van der Waals surface area contributed by atoms with E-state index in [0.717, 1.165) is 17.0 Å². The smallest absolute Gasteiger partial charge is 0.148 e. The zero-order valence-corrected chi connectivity index (χ0v) is 16.2. The average Bonchev–Trinajstić information content (AvgIpc) is 3.44. The van der Waals surface area contributed by atoms with Crippen LogP contribution >= 0.6 is 0 Å². The molecule has 0 aromatic heterocycles. The van der Waals surface area contributed by atoms with Crippen molar-refractivity contribution in [2.45, 2.75) is 18.3 Å². The zero-order valence-electron chi connectivity index (χ0n) is 16.2. The number of anilines is 2. The highest BCUT2D eigenvalue weighted by Crippen LogP contribution is 2.49. The van der Waals surface area contributed by atoms with Crippen molar-refractivity contribution >= 4 is 17.2 Å². The summed E-state index contributed by atoms with van der Waals surface area (Å²) in [6.45, 7) is 0. The predicted octanol–water partition coefficient (Wildman–Crippen LogP) is 4.30. The molecule has 0 spiro atoms. The molecule has 2 aromatic carbocycles. The summed E-state index contributed by atoms with van der Waals surface area (Å²) in [5.41, 5.74) is 14.2. The van der Waals surface area contributed by atoms with Gasteiger partial charge in [0.05, 0.1) is 5.41 Å². The van der Waals surface area contributed by atoms with Gasteiger partial charge in [0.15, 0.2) is 0 Å². The van der Waals surface area contributed by atoms with E-state index in [2.05, 4.69) is 12.8 Å². The molecule has 29 heavy (non-hydrogen) atoms. The maximum absolute atomic E-state index is 14.0. The SMILES string of the molecule is Nc1ccc(C([C]2[CH][CH][CH][CH]2)(C(=O)CC[C]2[CH][CH][CH][CH]2)c2ccc(N)cc2)cc1. The highest BCUT2D eigenvalue weighted by atomic mass is 16.1. The number of ketones is 1. The first-order valence-electron chi connectivity index (χ1n) is 9.79. The third kappa shape index (κ3) is 3.92. The molecule has 2 aliphatic carbocycles. The van der Waals surface area contributed by atoms with Crippen molar-refractivity contribution in [1.29, 1.82) is 0 Å². The van der Waals surface area contributed by atoms with Gasteiger partial charge in [0.1, 0.15) is 5.78 Å². The second-order valence-corrected chi connectivity index (χ2v) is 7.38. The molecule has 0 unspecified atom stereocenters. The van der Waals surface area contributed by atoms with E-state index in [9.17, 15) is 4.79 Å². The van der Waals surface area contributed by atoms with E-state index in [4.69, 9.17) is 11.5 Å². The summed E-state index contributed by atoms with van der Waals surface area (Å²) >= 11 is 0. The molecule has 0 bridgehead atoms. The van der Waals surface area contributed by atoms with Crippen molar-refractivity contribution in [2.24, 2.45) is 0 Å². The Kier molecular flexibility index (Phi) is 5.94. The molecule has 4 N–H and O–H groups in total. The van der Waals surface area contributed by atoms with Crippen molar-refractivity contribution in [2.75, 3.05) is 11.5 Å². The molecule has 2 saturated carbocycles. The van der Waals surface area contributed by atoms with Crippen LogP contribution in [0.4, 0.5) is 11.4 Å². The highest BCUT2D eigenvalue weighted by molar-refractivity contribution is 5.98. The monoisotopic (exact) mass is 380 g/mol. The lowest BCUT2D eigenvalue weighted by Crippen LogP contribution is -2.43. The van der Waals surface area contributed by atoms with Gasteiger partial charge in [-0.2, -0.15) is 0 Å². The Hall–Kier alpha value is -2.29. The first-order valence-corrected chi connectivity index (χ1v) is 9.79. The Morgan fingerprint density at radius 3 is 1.62 bits per heavy atom. The van der Waals surface area contributed by atoms with Crippen LogP contribution in [0.2, 0.25) is 0 Å². The molecule has 0 amide bonds. The number of carbonyl (C=O) groups excluding carboxylic acids is 1. The zero-order chi connectivity index (χ0) is 20.3. The molecular formula is C26H24N2O. The molecule has 0 atom stereocenters. The normalized spacial score (nSPS) is 18.3. The van der Waals surface area contributed by atoms with Gasteiger partial charge in [0, 0.05) is 23.7 Å². The number of nitrogens with two attached hydrogens (primary N) is 2. The van der Waals surface area contributed by atoms with Gasteiger partial charge in [-0.3, -0.25) is 4.79 Å². The second kappa shape index (κ2) is 8.61. The summed E-state index contributed by atoms with van der Waals surface area (Å²) in [6, 6.07) is 15.3. The maximum Gasteiger partial charge on any atom is 0.148 e. The van der Waals surface area contributed by atoms with Gasteiger partial charge < -0.3 is 11.5 Å². The first-order chi connectivity index (χ1) is 14.1. The third-order valence-electron chi connectivity index (χ3n) is 5.57. The van der Waals surface area contributed by atoms with Crippen LogP contribution in [-0.4, -0.2) is 5.78 Å². The van der Waals surface area contributed by atoms with Crippen molar-refractivity contribution in [1.82, 2.24) is 0 Å². The number of benzene rings is 2. The molecule has 2 aliphatic rings. The lowest BCUT2D eigenvalue weighted by atomic mass is 9.61. The highest BCUT2D eigenvalue weighted by Gasteiger charge is 2.49. The second-order valence-electron chi connectivity index (χ2n) is 7.38. The number of hydrogen-bond donors (Lipinski definition) is 2. The molecule has 4 rings (SSSR count). The summed E-state index contributed by atoms with van der Waals surface area (Å²) in [5, 5.41) is 0. The van der Waals surface area contributed by atoms with Gasteiger partial charge >= 0.3 is 0 Å². The van der Waals surface area contributed by atoms with E-state index >= 15 is 0 Å². The molecular weight excluding hydrogens is 356 g/mol. The van der Waals surface area contributed by atoms with Gasteiger partial charge in [-0.25, -0.2) is 0 Å². The van der Waals surface area contributed by atoms with Crippen molar-refractivity contribution in [3.8, 4) is 0 Å². The Balaban J connectivity index is 1.78. The van der Waals surface area contributed by atoms with Crippen LogP contribution < -0.4 is 11.5 Å². The molecule has 3 heteroatoms. The largest absolute Gasteiger partial charge is 0.399 e. The van der Waals surface area contributed by atoms with Crippen LogP contribution in [0.15, 0.2) is 48.5 Å². The van der Waals surface area contributed by atoms with E-state index in [1.807, 2.05) is 87.1 Å². The fourth-order valence-electron chi connectivity index (χ4n) is 4.10. The van der Waals surface area contributed by atoms with Crippen LogP contribution in [0.25, 0.3) is 0 Å². The quantitative estimate of drug-likeness (QED) is 0.704. The van der Waals surface area contributed by atoms with Crippen LogP contribution in [0, 0.1) is 63.2 Å². The van der Waals surface area contributed by atoms with E-state index in [-0.39, 0.29) is 5.78 Å². The van der Waals surface area contributed by atoms with E-state index in [1.165, 1.54) is 5.92 Å². The fourth-order valence-corrected chi connectivity index (χ4v) is 4.10. The molecule has 0 aliphatic heterocycles. The molecule has 2 aromatic rings. The minimum atomic E-state index is -0.905. The maximum atomic E-state index is 14.0. The van der Waals surface area contributed by atoms with Crippen molar-refractivity contribution in [3.63, 3.8) is 0 Å². The van der Waals surface area contributed by atoms with Gasteiger partial charge in [-0.05, 0) is 99.1 Å². The van der Waals surface area contributed by atoms with Crippen LogP contribution in [0.5, 0.6) is 0 Å². The topological polar surface area (TPSA) is 69.1 Å². The molecule has 10 radical (unpaired) electrons. The lowest BCUT2D eigenvalue weighted by Gasteiger charge is -2.39. The number of Topliss-reactive ketones (excluding diaryl/α,β-unsaturated/α-hetero) is 1. The number of hydrogen-bond acceptors (Lipinski definition) is 3. The number of rotatable bonds is 7. The molecule has 3 nitrogen and oxygen atoms in total. The van der Waals surface area contributed by atoms with Gasteiger partial charge in [0.25, 0.3) is 0 Å². The summed E-state index contributed by atoms with van der Waals surface area (Å²) in [4.78, 5) is 14.0. The Labute approximate surface area is 174 Å². The molecule has 0 heterocycles.